The number of rotatable bonds is 2. The largest absolute Gasteiger partial charge is 0.490 e. The quantitative estimate of drug-likeness (QED) is 0.287. The number of aliphatic hydroxyl groups is 1. The highest BCUT2D eigenvalue weighted by molar-refractivity contribution is 7.99. The average molecular weight is 639 g/mol. The van der Waals surface area contributed by atoms with Gasteiger partial charge in [-0.05, 0) is 116 Å². The van der Waals surface area contributed by atoms with Gasteiger partial charge in [0.1, 0.15) is 5.75 Å². The SMILES string of the molecule is C=S1(=O)NC(=O)c2ccc3c(c2)N(C[C@@H]2CC[C@H]2[C@@H](O)/C=C/C[C@H](C)[C@H]1CC(C)C)C[C@@]1(CCCc2cc(Cl)ccc21)CO3. The highest BCUT2D eigenvalue weighted by Crippen LogP contribution is 2.46. The monoisotopic (exact) mass is 638 g/mol. The minimum atomic E-state index is -2.97. The van der Waals surface area contributed by atoms with E-state index in [1.54, 1.807) is 6.07 Å². The molecule has 2 bridgehead atoms. The minimum absolute atomic E-state index is 0.0246. The third-order valence-corrected chi connectivity index (χ3v) is 13.0. The summed E-state index contributed by atoms with van der Waals surface area (Å²) in [5, 5.41) is 11.8. The molecule has 0 aromatic heterocycles. The Bertz CT molecular complexity index is 1540. The summed E-state index contributed by atoms with van der Waals surface area (Å²) in [7, 11) is -2.97. The zero-order valence-electron chi connectivity index (χ0n) is 26.3. The molecule has 1 fully saturated rings. The van der Waals surface area contributed by atoms with Crippen LogP contribution in [0.1, 0.15) is 80.8 Å². The Morgan fingerprint density at radius 1 is 1.23 bits per heavy atom. The predicted molar refractivity (Wildman–Crippen MR) is 181 cm³/mol. The number of hydrogen-bond donors (Lipinski definition) is 2. The van der Waals surface area contributed by atoms with Gasteiger partial charge in [-0.15, -0.1) is 0 Å². The van der Waals surface area contributed by atoms with E-state index in [0.29, 0.717) is 36.8 Å². The Labute approximate surface area is 268 Å². The maximum absolute atomic E-state index is 14.1. The highest BCUT2D eigenvalue weighted by atomic mass is 35.5. The van der Waals surface area contributed by atoms with Crippen LogP contribution in [0.5, 0.6) is 5.75 Å². The molecule has 1 unspecified atom stereocenters. The number of fused-ring (bicyclic) bond motifs is 4. The second kappa shape index (κ2) is 12.4. The first kappa shape index (κ1) is 31.5. The summed E-state index contributed by atoms with van der Waals surface area (Å²) in [6.07, 6.45) is 9.90. The van der Waals surface area contributed by atoms with Crippen molar-refractivity contribution in [2.45, 2.75) is 82.5 Å². The molecule has 7 atom stereocenters. The van der Waals surface area contributed by atoms with Crippen LogP contribution in [0, 0.1) is 23.7 Å². The number of ether oxygens (including phenoxy) is 1. The van der Waals surface area contributed by atoms with Crippen LogP contribution in [0.3, 0.4) is 0 Å². The number of allylic oxidation sites excluding steroid dienone is 1. The van der Waals surface area contributed by atoms with Crippen LogP contribution in [0.2, 0.25) is 5.02 Å². The van der Waals surface area contributed by atoms with E-state index in [9.17, 15) is 14.1 Å². The van der Waals surface area contributed by atoms with E-state index in [2.05, 4.69) is 48.4 Å². The fraction of sp³-hybridized carbons (Fsp3) is 0.556. The topological polar surface area (TPSA) is 78.9 Å². The molecule has 4 aliphatic rings. The van der Waals surface area contributed by atoms with Gasteiger partial charge in [0, 0.05) is 34.3 Å². The molecule has 2 N–H and O–H groups in total. The summed E-state index contributed by atoms with van der Waals surface area (Å²) in [4.78, 5) is 16.1. The summed E-state index contributed by atoms with van der Waals surface area (Å²) in [6.45, 7) is 8.33. The molecule has 1 amide bonds. The maximum Gasteiger partial charge on any atom is 0.262 e. The Balaban J connectivity index is 1.42. The van der Waals surface area contributed by atoms with Gasteiger partial charge in [0.2, 0.25) is 0 Å². The first-order chi connectivity index (χ1) is 21.0. The number of aliphatic hydroxyl groups excluding tert-OH is 1. The van der Waals surface area contributed by atoms with Crippen LogP contribution in [0.4, 0.5) is 5.69 Å². The Morgan fingerprint density at radius 3 is 2.80 bits per heavy atom. The van der Waals surface area contributed by atoms with E-state index in [4.69, 9.17) is 16.3 Å². The van der Waals surface area contributed by atoms with Gasteiger partial charge in [-0.3, -0.25) is 9.52 Å². The normalized spacial score (nSPS) is 34.6. The Kier molecular flexibility index (Phi) is 8.86. The molecule has 6 nitrogen and oxygen atoms in total. The van der Waals surface area contributed by atoms with E-state index in [0.717, 1.165) is 61.7 Å². The van der Waals surface area contributed by atoms with E-state index in [1.807, 2.05) is 30.4 Å². The third-order valence-electron chi connectivity index (χ3n) is 10.6. The molecule has 0 radical (unpaired) electrons. The van der Waals surface area contributed by atoms with E-state index < -0.39 is 15.8 Å². The van der Waals surface area contributed by atoms with Crippen LogP contribution >= 0.6 is 11.6 Å². The van der Waals surface area contributed by atoms with Gasteiger partial charge in [-0.25, -0.2) is 4.21 Å². The van der Waals surface area contributed by atoms with Crippen molar-refractivity contribution < 1.29 is 18.8 Å². The summed E-state index contributed by atoms with van der Waals surface area (Å²) in [5.41, 5.74) is 3.68. The second-order valence-electron chi connectivity index (χ2n) is 14.2. The fourth-order valence-electron chi connectivity index (χ4n) is 8.06. The molecule has 44 heavy (non-hydrogen) atoms. The lowest BCUT2D eigenvalue weighted by Gasteiger charge is -2.45. The minimum Gasteiger partial charge on any atom is -0.490 e. The molecule has 2 aromatic rings. The number of carbonyl (C=O) groups is 1. The zero-order chi connectivity index (χ0) is 31.2. The molecule has 2 aliphatic carbocycles. The van der Waals surface area contributed by atoms with E-state index >= 15 is 0 Å². The van der Waals surface area contributed by atoms with Gasteiger partial charge in [0.05, 0.1) is 28.1 Å². The van der Waals surface area contributed by atoms with E-state index in [1.165, 1.54) is 11.1 Å². The van der Waals surface area contributed by atoms with Crippen molar-refractivity contribution in [2.75, 3.05) is 24.6 Å². The van der Waals surface area contributed by atoms with Crippen molar-refractivity contribution in [2.24, 2.45) is 23.7 Å². The van der Waals surface area contributed by atoms with Crippen molar-refractivity contribution in [3.8, 4) is 5.75 Å². The number of anilines is 1. The van der Waals surface area contributed by atoms with Gasteiger partial charge >= 0.3 is 0 Å². The summed E-state index contributed by atoms with van der Waals surface area (Å²) < 4.78 is 23.6. The van der Waals surface area contributed by atoms with Crippen LogP contribution in [-0.4, -0.2) is 52.1 Å². The number of aryl methyl sites for hydroxylation is 1. The van der Waals surface area contributed by atoms with E-state index in [-0.39, 0.29) is 28.4 Å². The smallest absolute Gasteiger partial charge is 0.262 e. The average Bonchev–Trinajstić information content (AvgIpc) is 3.10. The number of benzene rings is 2. The molecule has 8 heteroatoms. The molecular weight excluding hydrogens is 592 g/mol. The lowest BCUT2D eigenvalue weighted by molar-refractivity contribution is 0.0455. The van der Waals surface area contributed by atoms with Crippen molar-refractivity contribution in [3.63, 3.8) is 0 Å². The number of nitrogens with one attached hydrogen (secondary N) is 1. The molecule has 2 heterocycles. The van der Waals surface area contributed by atoms with Crippen LogP contribution in [-0.2, 0) is 21.5 Å². The van der Waals surface area contributed by atoms with Crippen LogP contribution in [0.15, 0.2) is 48.6 Å². The fourth-order valence-corrected chi connectivity index (χ4v) is 10.4. The van der Waals surface area contributed by atoms with Gasteiger partial charge in [0.25, 0.3) is 5.91 Å². The highest BCUT2D eigenvalue weighted by Gasteiger charge is 2.44. The zero-order valence-corrected chi connectivity index (χ0v) is 27.8. The first-order valence-corrected chi connectivity index (χ1v) is 18.5. The number of nitrogens with zero attached hydrogens (tertiary/aromatic N) is 1. The van der Waals surface area contributed by atoms with Crippen molar-refractivity contribution in [1.82, 2.24) is 4.72 Å². The lowest BCUT2D eigenvalue weighted by Crippen LogP contribution is -2.49. The maximum atomic E-state index is 14.1. The molecule has 238 valence electrons. The molecule has 2 aliphatic heterocycles. The first-order valence-electron chi connectivity index (χ1n) is 16.3. The summed E-state index contributed by atoms with van der Waals surface area (Å²) in [6, 6.07) is 11.8. The van der Waals surface area contributed by atoms with Crippen LogP contribution < -0.4 is 14.4 Å². The van der Waals surface area contributed by atoms with Crippen molar-refractivity contribution in [3.05, 3.63) is 70.3 Å². The van der Waals surface area contributed by atoms with Crippen molar-refractivity contribution >= 4 is 38.8 Å². The second-order valence-corrected chi connectivity index (χ2v) is 16.9. The Morgan fingerprint density at radius 2 is 2.05 bits per heavy atom. The molecular formula is C36H47ClN2O4S. The van der Waals surface area contributed by atoms with Gasteiger partial charge in [0.15, 0.2) is 0 Å². The number of hydrogen-bond acceptors (Lipinski definition) is 5. The van der Waals surface area contributed by atoms with Crippen LogP contribution in [0.25, 0.3) is 0 Å². The van der Waals surface area contributed by atoms with Crippen molar-refractivity contribution in [1.29, 1.82) is 0 Å². The number of halogens is 1. The molecule has 6 rings (SSSR count). The molecule has 1 spiro atoms. The molecule has 2 aromatic carbocycles. The van der Waals surface area contributed by atoms with Gasteiger partial charge in [-0.2, -0.15) is 0 Å². The number of carbonyl (C=O) groups excluding carboxylic acids is 1. The summed E-state index contributed by atoms with van der Waals surface area (Å²) in [5.74, 6) is 5.28. The standard InChI is InChI=1S/C36H47ClN2O4S/c1-23(2)17-34-24(3)7-5-9-32(40)29-13-10-27(29)20-39-21-36(16-6-8-25-18-28(37)12-14-30(25)36)22-43-33-15-11-26(19-31(33)39)35(41)38-44(34,4)42/h5,9,11-12,14-15,18-19,23-24,27,29,32,34,40H,4,6-8,10,13,16-17,20-22H2,1-3H3,(H,38,41,42)/b9-5+/t24-,27-,29+,32-,34+,36-,44?/m0/s1. The molecule has 0 saturated heterocycles. The summed E-state index contributed by atoms with van der Waals surface area (Å²) >= 11 is 6.42. The van der Waals surface area contributed by atoms with Gasteiger partial charge in [-0.1, -0.05) is 50.6 Å². The Hall–Kier alpha value is -2.48. The third kappa shape index (κ3) is 6.17. The van der Waals surface area contributed by atoms with Gasteiger partial charge < -0.3 is 14.7 Å². The molecule has 1 saturated carbocycles. The lowest BCUT2D eigenvalue weighted by atomic mass is 9.68. The predicted octanol–water partition coefficient (Wildman–Crippen LogP) is 6.57. The number of amides is 1.